The van der Waals surface area contributed by atoms with Gasteiger partial charge in [0.05, 0.1) is 37.9 Å². The zero-order valence-electron chi connectivity index (χ0n) is 17.7. The first-order valence-electron chi connectivity index (χ1n) is 10.2. The molecule has 0 fully saturated rings. The summed E-state index contributed by atoms with van der Waals surface area (Å²) in [6, 6.07) is 12.6. The Morgan fingerprint density at radius 2 is 1.79 bits per heavy atom. The molecule has 0 amide bonds. The smallest absolute Gasteiger partial charge is 0.256 e. The number of nitrogens with one attached hydrogen (secondary N) is 3. The Bertz CT molecular complexity index is 1550. The predicted octanol–water partition coefficient (Wildman–Crippen LogP) is 5.74. The summed E-state index contributed by atoms with van der Waals surface area (Å²) in [7, 11) is 0. The molecule has 0 radical (unpaired) electrons. The van der Waals surface area contributed by atoms with E-state index in [9.17, 15) is 9.90 Å². The van der Waals surface area contributed by atoms with Crippen LogP contribution in [0.3, 0.4) is 0 Å². The van der Waals surface area contributed by atoms with Gasteiger partial charge in [-0.3, -0.25) is 9.89 Å². The first-order chi connectivity index (χ1) is 15.7. The Hall–Kier alpha value is -3.39. The van der Waals surface area contributed by atoms with Crippen LogP contribution in [0.15, 0.2) is 59.7 Å². The van der Waals surface area contributed by atoms with Gasteiger partial charge in [-0.1, -0.05) is 29.3 Å². The summed E-state index contributed by atoms with van der Waals surface area (Å²) in [6.07, 6.45) is 3.25. The van der Waals surface area contributed by atoms with Gasteiger partial charge in [-0.15, -0.1) is 0 Å². The van der Waals surface area contributed by atoms with E-state index in [1.165, 1.54) is 0 Å². The van der Waals surface area contributed by atoms with Crippen LogP contribution in [-0.4, -0.2) is 25.3 Å². The molecule has 5 aromatic rings. The summed E-state index contributed by atoms with van der Waals surface area (Å²) in [5, 5.41) is 22.9. The van der Waals surface area contributed by atoms with Crippen molar-refractivity contribution in [1.82, 2.24) is 20.2 Å². The van der Waals surface area contributed by atoms with Gasteiger partial charge < -0.3 is 15.4 Å². The summed E-state index contributed by atoms with van der Waals surface area (Å²) in [6.45, 7) is 3.31. The second kappa shape index (κ2) is 7.88. The van der Waals surface area contributed by atoms with Crippen LogP contribution in [0.25, 0.3) is 32.9 Å². The highest BCUT2D eigenvalue weighted by molar-refractivity contribution is 6.39. The number of hydrogen-bond donors (Lipinski definition) is 4. The van der Waals surface area contributed by atoms with Crippen LogP contribution in [0.5, 0.6) is 0 Å². The zero-order chi connectivity index (χ0) is 23.3. The predicted molar refractivity (Wildman–Crippen MR) is 132 cm³/mol. The SMILES string of the molecule is CC(C)(O)c1cc(Cl)c(Nc2nc3ccc(-c4ccn[nH]4)cc3c3c(=O)[nH]ccc23)c(Cl)c1. The monoisotopic (exact) mass is 479 g/mol. The first-order valence-corrected chi connectivity index (χ1v) is 10.9. The van der Waals surface area contributed by atoms with E-state index in [1.807, 2.05) is 24.3 Å². The molecule has 166 valence electrons. The van der Waals surface area contributed by atoms with Crippen molar-refractivity contribution in [2.45, 2.75) is 19.4 Å². The quantitative estimate of drug-likeness (QED) is 0.245. The lowest BCUT2D eigenvalue weighted by Crippen LogP contribution is -2.15. The highest BCUT2D eigenvalue weighted by atomic mass is 35.5. The molecule has 5 rings (SSSR count). The second-order valence-corrected chi connectivity index (χ2v) is 9.07. The molecule has 33 heavy (non-hydrogen) atoms. The lowest BCUT2D eigenvalue weighted by Gasteiger charge is -2.20. The van der Waals surface area contributed by atoms with Crippen molar-refractivity contribution in [2.24, 2.45) is 0 Å². The van der Waals surface area contributed by atoms with Crippen LogP contribution in [-0.2, 0) is 5.60 Å². The van der Waals surface area contributed by atoms with E-state index in [-0.39, 0.29) is 5.56 Å². The molecular weight excluding hydrogens is 461 g/mol. The van der Waals surface area contributed by atoms with Crippen LogP contribution in [0.2, 0.25) is 10.0 Å². The van der Waals surface area contributed by atoms with Crippen LogP contribution >= 0.6 is 23.2 Å². The van der Waals surface area contributed by atoms with Crippen LogP contribution in [0, 0.1) is 0 Å². The fourth-order valence-electron chi connectivity index (χ4n) is 3.80. The van der Waals surface area contributed by atoms with Crippen molar-refractivity contribution in [3.8, 4) is 11.3 Å². The average Bonchev–Trinajstić information content (AvgIpc) is 3.30. The zero-order valence-corrected chi connectivity index (χ0v) is 19.2. The molecule has 3 heterocycles. The van der Waals surface area contributed by atoms with Gasteiger partial charge in [0.15, 0.2) is 0 Å². The molecule has 0 saturated carbocycles. The Morgan fingerprint density at radius 1 is 1.03 bits per heavy atom. The van der Waals surface area contributed by atoms with E-state index in [1.54, 1.807) is 44.4 Å². The lowest BCUT2D eigenvalue weighted by atomic mass is 9.98. The minimum Gasteiger partial charge on any atom is -0.386 e. The normalized spacial score (nSPS) is 11.9. The average molecular weight is 480 g/mol. The van der Waals surface area contributed by atoms with E-state index < -0.39 is 5.60 Å². The van der Waals surface area contributed by atoms with Crippen LogP contribution in [0.4, 0.5) is 11.5 Å². The minimum absolute atomic E-state index is 0.237. The number of rotatable bonds is 4. The molecular formula is C24H19Cl2N5O2. The Kier molecular flexibility index (Phi) is 5.12. The number of halogens is 2. The van der Waals surface area contributed by atoms with Crippen molar-refractivity contribution in [2.75, 3.05) is 5.32 Å². The molecule has 9 heteroatoms. The molecule has 4 N–H and O–H groups in total. The number of pyridine rings is 2. The van der Waals surface area contributed by atoms with Gasteiger partial charge in [-0.2, -0.15) is 5.10 Å². The molecule has 7 nitrogen and oxygen atoms in total. The molecule has 3 aromatic heterocycles. The highest BCUT2D eigenvalue weighted by Crippen LogP contribution is 2.39. The van der Waals surface area contributed by atoms with E-state index in [2.05, 4.69) is 20.5 Å². The standard InChI is InChI=1S/C24H19Cl2N5O2/c1-24(2,33)13-10-16(25)21(17(26)11-13)30-22-14-5-7-27-23(32)20(14)15-9-12(3-4-19(15)29-22)18-6-8-28-31-18/h3-11,33H,1-2H3,(H,27,32)(H,28,31)(H,29,30). The largest absolute Gasteiger partial charge is 0.386 e. The van der Waals surface area contributed by atoms with Crippen molar-refractivity contribution < 1.29 is 5.11 Å². The van der Waals surface area contributed by atoms with Crippen molar-refractivity contribution >= 4 is 56.4 Å². The second-order valence-electron chi connectivity index (χ2n) is 8.26. The summed E-state index contributed by atoms with van der Waals surface area (Å²) in [5.74, 6) is 0.442. The summed E-state index contributed by atoms with van der Waals surface area (Å²) >= 11 is 13.0. The van der Waals surface area contributed by atoms with Gasteiger partial charge in [-0.05, 0) is 55.8 Å². The molecule has 0 aliphatic carbocycles. The van der Waals surface area contributed by atoms with Gasteiger partial charge in [-0.25, -0.2) is 4.98 Å². The van der Waals surface area contributed by atoms with Crippen molar-refractivity contribution in [1.29, 1.82) is 0 Å². The minimum atomic E-state index is -1.10. The topological polar surface area (TPSA) is 107 Å². The molecule has 0 bridgehead atoms. The third kappa shape index (κ3) is 3.84. The summed E-state index contributed by atoms with van der Waals surface area (Å²) < 4.78 is 0. The molecule has 2 aromatic carbocycles. The van der Waals surface area contributed by atoms with Crippen molar-refractivity contribution in [3.63, 3.8) is 0 Å². The number of nitrogens with zero attached hydrogens (tertiary/aromatic N) is 2. The van der Waals surface area contributed by atoms with E-state index >= 15 is 0 Å². The number of anilines is 2. The summed E-state index contributed by atoms with van der Waals surface area (Å²) in [5.41, 5.74) is 2.05. The fraction of sp³-hybridized carbons (Fsp3) is 0.125. The van der Waals surface area contributed by atoms with E-state index in [0.717, 1.165) is 11.3 Å². The number of H-pyrrole nitrogens is 2. The number of fused-ring (bicyclic) bond motifs is 3. The van der Waals surface area contributed by atoms with Crippen LogP contribution < -0.4 is 10.9 Å². The Labute approximate surface area is 198 Å². The molecule has 0 saturated heterocycles. The van der Waals surface area contributed by atoms with Crippen molar-refractivity contribution in [3.05, 3.63) is 80.8 Å². The first kappa shape index (κ1) is 21.5. The third-order valence-electron chi connectivity index (χ3n) is 5.52. The van der Waals surface area contributed by atoms with Gasteiger partial charge in [0.1, 0.15) is 5.82 Å². The Balaban J connectivity index is 1.71. The maximum absolute atomic E-state index is 12.9. The van der Waals surface area contributed by atoms with Crippen LogP contribution in [0.1, 0.15) is 19.4 Å². The van der Waals surface area contributed by atoms with Gasteiger partial charge >= 0.3 is 0 Å². The number of aromatic amines is 2. The third-order valence-corrected chi connectivity index (χ3v) is 6.11. The number of aliphatic hydroxyl groups is 1. The highest BCUT2D eigenvalue weighted by Gasteiger charge is 2.21. The number of benzene rings is 2. The van der Waals surface area contributed by atoms with E-state index in [4.69, 9.17) is 28.2 Å². The van der Waals surface area contributed by atoms with E-state index in [0.29, 0.717) is 48.8 Å². The molecule has 0 atom stereocenters. The molecule has 0 spiro atoms. The molecule has 0 unspecified atom stereocenters. The van der Waals surface area contributed by atoms with Gasteiger partial charge in [0.2, 0.25) is 0 Å². The molecule has 0 aliphatic rings. The number of aromatic nitrogens is 4. The maximum Gasteiger partial charge on any atom is 0.256 e. The number of hydrogen-bond acceptors (Lipinski definition) is 5. The Morgan fingerprint density at radius 3 is 2.45 bits per heavy atom. The fourth-order valence-corrected chi connectivity index (χ4v) is 4.38. The lowest BCUT2D eigenvalue weighted by molar-refractivity contribution is 0.0786. The molecule has 0 aliphatic heterocycles. The van der Waals surface area contributed by atoms with Gasteiger partial charge in [0.25, 0.3) is 5.56 Å². The van der Waals surface area contributed by atoms with Gasteiger partial charge in [0, 0.05) is 28.7 Å². The summed E-state index contributed by atoms with van der Waals surface area (Å²) in [4.78, 5) is 20.4. The maximum atomic E-state index is 12.9.